The second-order valence-corrected chi connectivity index (χ2v) is 6.22. The third-order valence-corrected chi connectivity index (χ3v) is 4.37. The molecule has 0 atom stereocenters. The molecule has 3 aromatic rings. The Kier molecular flexibility index (Phi) is 4.70. The van der Waals surface area contributed by atoms with E-state index in [0.717, 1.165) is 28.4 Å². The van der Waals surface area contributed by atoms with Crippen molar-refractivity contribution in [2.75, 3.05) is 0 Å². The SMILES string of the molecule is Cc1cc(C#N)ccc1OCc1csc(Cc2ccccc2)n1. The second-order valence-electron chi connectivity index (χ2n) is 5.28. The van der Waals surface area contributed by atoms with Gasteiger partial charge in [0.1, 0.15) is 12.4 Å². The zero-order valence-electron chi connectivity index (χ0n) is 12.8. The largest absolute Gasteiger partial charge is 0.487 e. The van der Waals surface area contributed by atoms with Crippen LogP contribution in [0.15, 0.2) is 53.9 Å². The third kappa shape index (κ3) is 3.97. The fourth-order valence-corrected chi connectivity index (χ4v) is 3.11. The second kappa shape index (κ2) is 7.08. The van der Waals surface area contributed by atoms with Crippen molar-refractivity contribution in [1.82, 2.24) is 4.98 Å². The van der Waals surface area contributed by atoms with Crippen LogP contribution in [0.1, 0.15) is 27.4 Å². The first kappa shape index (κ1) is 15.3. The molecule has 0 saturated carbocycles. The Balaban J connectivity index is 1.62. The zero-order valence-corrected chi connectivity index (χ0v) is 13.6. The lowest BCUT2D eigenvalue weighted by Crippen LogP contribution is -1.98. The summed E-state index contributed by atoms with van der Waals surface area (Å²) < 4.78 is 5.82. The number of thiazole rings is 1. The molecule has 0 fully saturated rings. The van der Waals surface area contributed by atoms with Gasteiger partial charge in [-0.3, -0.25) is 0 Å². The molecule has 0 N–H and O–H groups in total. The highest BCUT2D eigenvalue weighted by Crippen LogP contribution is 2.21. The van der Waals surface area contributed by atoms with E-state index in [1.165, 1.54) is 5.56 Å². The van der Waals surface area contributed by atoms with E-state index in [4.69, 9.17) is 10.00 Å². The Morgan fingerprint density at radius 3 is 2.74 bits per heavy atom. The predicted molar refractivity (Wildman–Crippen MR) is 91.6 cm³/mol. The first-order valence-electron chi connectivity index (χ1n) is 7.35. The highest BCUT2D eigenvalue weighted by Gasteiger charge is 2.06. The molecule has 0 saturated heterocycles. The molecule has 0 aliphatic heterocycles. The van der Waals surface area contributed by atoms with Crippen LogP contribution < -0.4 is 4.74 Å². The van der Waals surface area contributed by atoms with Crippen LogP contribution >= 0.6 is 11.3 Å². The summed E-state index contributed by atoms with van der Waals surface area (Å²) in [5, 5.41) is 12.0. The zero-order chi connectivity index (χ0) is 16.1. The van der Waals surface area contributed by atoms with Gasteiger partial charge in [0.25, 0.3) is 0 Å². The van der Waals surface area contributed by atoms with Crippen LogP contribution in [-0.4, -0.2) is 4.98 Å². The van der Waals surface area contributed by atoms with Crippen LogP contribution in [0.4, 0.5) is 0 Å². The minimum Gasteiger partial charge on any atom is -0.487 e. The Hall–Kier alpha value is -2.64. The molecular weight excluding hydrogens is 304 g/mol. The highest BCUT2D eigenvalue weighted by molar-refractivity contribution is 7.09. The third-order valence-electron chi connectivity index (χ3n) is 3.48. The Bertz CT molecular complexity index is 834. The lowest BCUT2D eigenvalue weighted by atomic mass is 10.1. The van der Waals surface area contributed by atoms with Crippen molar-refractivity contribution in [2.24, 2.45) is 0 Å². The van der Waals surface area contributed by atoms with Crippen molar-refractivity contribution in [2.45, 2.75) is 20.0 Å². The topological polar surface area (TPSA) is 45.9 Å². The Labute approximate surface area is 139 Å². The average molecular weight is 320 g/mol. The van der Waals surface area contributed by atoms with Crippen molar-refractivity contribution in [3.8, 4) is 11.8 Å². The maximum absolute atomic E-state index is 8.89. The first-order chi connectivity index (χ1) is 11.2. The lowest BCUT2D eigenvalue weighted by molar-refractivity contribution is 0.300. The number of aryl methyl sites for hydroxylation is 1. The lowest BCUT2D eigenvalue weighted by Gasteiger charge is -2.07. The number of aromatic nitrogens is 1. The van der Waals surface area contributed by atoms with Gasteiger partial charge in [0.2, 0.25) is 0 Å². The van der Waals surface area contributed by atoms with Crippen LogP contribution in [-0.2, 0) is 13.0 Å². The molecule has 1 heterocycles. The van der Waals surface area contributed by atoms with Crippen molar-refractivity contribution in [3.63, 3.8) is 0 Å². The van der Waals surface area contributed by atoms with E-state index >= 15 is 0 Å². The molecule has 0 radical (unpaired) electrons. The molecule has 0 aliphatic carbocycles. The monoisotopic (exact) mass is 320 g/mol. The maximum Gasteiger partial charge on any atom is 0.131 e. The first-order valence-corrected chi connectivity index (χ1v) is 8.23. The number of nitrogens with zero attached hydrogens (tertiary/aromatic N) is 2. The summed E-state index contributed by atoms with van der Waals surface area (Å²) >= 11 is 1.66. The van der Waals surface area contributed by atoms with E-state index in [2.05, 4.69) is 23.2 Å². The quantitative estimate of drug-likeness (QED) is 0.695. The molecule has 3 rings (SSSR count). The summed E-state index contributed by atoms with van der Waals surface area (Å²) in [6.45, 7) is 2.39. The van der Waals surface area contributed by atoms with Crippen molar-refractivity contribution < 1.29 is 4.74 Å². The number of benzene rings is 2. The van der Waals surface area contributed by atoms with Crippen molar-refractivity contribution >= 4 is 11.3 Å². The average Bonchev–Trinajstić information content (AvgIpc) is 3.02. The normalized spacial score (nSPS) is 10.3. The Morgan fingerprint density at radius 2 is 2.00 bits per heavy atom. The molecule has 0 amide bonds. The molecule has 114 valence electrons. The van der Waals surface area contributed by atoms with Gasteiger partial charge in [0, 0.05) is 11.8 Å². The van der Waals surface area contributed by atoms with E-state index in [9.17, 15) is 0 Å². The summed E-state index contributed by atoms with van der Waals surface area (Å²) in [6.07, 6.45) is 0.849. The van der Waals surface area contributed by atoms with Gasteiger partial charge in [-0.05, 0) is 36.2 Å². The minimum absolute atomic E-state index is 0.442. The predicted octanol–water partition coefficient (Wildman–Crippen LogP) is 4.49. The fraction of sp³-hybridized carbons (Fsp3) is 0.158. The van der Waals surface area contributed by atoms with Gasteiger partial charge < -0.3 is 4.74 Å². The van der Waals surface area contributed by atoms with Crippen LogP contribution in [0.5, 0.6) is 5.75 Å². The number of ether oxygens (including phenoxy) is 1. The van der Waals surface area contributed by atoms with Gasteiger partial charge in [-0.2, -0.15) is 5.26 Å². The van der Waals surface area contributed by atoms with Gasteiger partial charge in [-0.15, -0.1) is 11.3 Å². The molecule has 0 unspecified atom stereocenters. The number of hydrogen-bond acceptors (Lipinski definition) is 4. The van der Waals surface area contributed by atoms with E-state index < -0.39 is 0 Å². The number of rotatable bonds is 5. The van der Waals surface area contributed by atoms with Crippen LogP contribution in [0.25, 0.3) is 0 Å². The molecule has 2 aromatic carbocycles. The van der Waals surface area contributed by atoms with Crippen molar-refractivity contribution in [3.05, 3.63) is 81.3 Å². The van der Waals surface area contributed by atoms with Crippen molar-refractivity contribution in [1.29, 1.82) is 5.26 Å². The summed E-state index contributed by atoms with van der Waals surface area (Å²) in [5.41, 5.74) is 3.80. The molecule has 0 bridgehead atoms. The van der Waals surface area contributed by atoms with E-state index in [1.807, 2.05) is 42.6 Å². The van der Waals surface area contributed by atoms with Crippen LogP contribution in [0.2, 0.25) is 0 Å². The van der Waals surface area contributed by atoms with E-state index in [0.29, 0.717) is 12.2 Å². The van der Waals surface area contributed by atoms with Gasteiger partial charge in [0.05, 0.1) is 22.3 Å². The molecule has 4 heteroatoms. The number of hydrogen-bond donors (Lipinski definition) is 0. The molecule has 0 spiro atoms. The summed E-state index contributed by atoms with van der Waals surface area (Å²) in [7, 11) is 0. The standard InChI is InChI=1S/C19H16N2OS/c1-14-9-16(11-20)7-8-18(14)22-12-17-13-23-19(21-17)10-15-5-3-2-4-6-15/h2-9,13H,10,12H2,1H3. The molecular formula is C19H16N2OS. The highest BCUT2D eigenvalue weighted by atomic mass is 32.1. The summed E-state index contributed by atoms with van der Waals surface area (Å²) in [5.74, 6) is 0.793. The minimum atomic E-state index is 0.442. The molecule has 1 aromatic heterocycles. The maximum atomic E-state index is 8.89. The summed E-state index contributed by atoms with van der Waals surface area (Å²) in [4.78, 5) is 4.63. The molecule has 23 heavy (non-hydrogen) atoms. The Morgan fingerprint density at radius 1 is 1.17 bits per heavy atom. The number of nitriles is 1. The van der Waals surface area contributed by atoms with Gasteiger partial charge in [-0.1, -0.05) is 30.3 Å². The van der Waals surface area contributed by atoms with Gasteiger partial charge in [0.15, 0.2) is 0 Å². The molecule has 0 aliphatic rings. The van der Waals surface area contributed by atoms with Crippen LogP contribution in [0.3, 0.4) is 0 Å². The fourth-order valence-electron chi connectivity index (χ4n) is 2.30. The van der Waals surface area contributed by atoms with Gasteiger partial charge >= 0.3 is 0 Å². The van der Waals surface area contributed by atoms with Gasteiger partial charge in [-0.25, -0.2) is 4.98 Å². The smallest absolute Gasteiger partial charge is 0.131 e. The van der Waals surface area contributed by atoms with E-state index in [1.54, 1.807) is 17.4 Å². The van der Waals surface area contributed by atoms with Crippen LogP contribution in [0, 0.1) is 18.3 Å². The van der Waals surface area contributed by atoms with E-state index in [-0.39, 0.29) is 0 Å². The summed E-state index contributed by atoms with van der Waals surface area (Å²) in [6, 6.07) is 17.9. The molecule has 3 nitrogen and oxygen atoms in total.